The van der Waals surface area contributed by atoms with Gasteiger partial charge in [0, 0.05) is 18.4 Å². The number of hydrogen-bond donors (Lipinski definition) is 1. The van der Waals surface area contributed by atoms with Crippen LogP contribution in [0.25, 0.3) is 0 Å². The van der Waals surface area contributed by atoms with Crippen LogP contribution in [-0.2, 0) is 6.42 Å². The van der Waals surface area contributed by atoms with Crippen LogP contribution in [0.5, 0.6) is 0 Å². The average Bonchev–Trinajstić information content (AvgIpc) is 2.89. The quantitative estimate of drug-likeness (QED) is 0.887. The van der Waals surface area contributed by atoms with Crippen LogP contribution >= 0.6 is 0 Å². The minimum Gasteiger partial charge on any atom is -0.339 e. The molecule has 5 nitrogen and oxygen atoms in total. The molecule has 0 aromatic carbocycles. The number of hydrogen-bond acceptors (Lipinski definition) is 5. The van der Waals surface area contributed by atoms with Crippen LogP contribution in [0.2, 0.25) is 0 Å². The van der Waals surface area contributed by atoms with Gasteiger partial charge >= 0.3 is 0 Å². The maximum absolute atomic E-state index is 5.35. The Morgan fingerprint density at radius 3 is 3.17 bits per heavy atom. The van der Waals surface area contributed by atoms with E-state index >= 15 is 0 Å². The molecular weight excluding hydrogens is 228 g/mol. The first kappa shape index (κ1) is 11.3. The Bertz CT molecular complexity index is 491. The van der Waals surface area contributed by atoms with Gasteiger partial charge in [-0.2, -0.15) is 4.98 Å². The molecular formula is C13H16N4O. The zero-order valence-corrected chi connectivity index (χ0v) is 10.2. The zero-order chi connectivity index (χ0) is 12.2. The zero-order valence-electron chi connectivity index (χ0n) is 10.2. The third-order valence-corrected chi connectivity index (χ3v) is 3.20. The number of piperidine rings is 1. The molecule has 0 aliphatic carbocycles. The lowest BCUT2D eigenvalue weighted by molar-refractivity contribution is 0.320. The van der Waals surface area contributed by atoms with Crippen molar-refractivity contribution in [2.24, 2.45) is 0 Å². The first-order valence-electron chi connectivity index (χ1n) is 6.35. The summed E-state index contributed by atoms with van der Waals surface area (Å²) in [4.78, 5) is 8.73. The molecule has 1 fully saturated rings. The Morgan fingerprint density at radius 1 is 1.39 bits per heavy atom. The minimum atomic E-state index is 0.365. The maximum atomic E-state index is 5.35. The number of rotatable bonds is 3. The first-order chi connectivity index (χ1) is 8.92. The van der Waals surface area contributed by atoms with E-state index < -0.39 is 0 Å². The summed E-state index contributed by atoms with van der Waals surface area (Å²) < 4.78 is 5.35. The summed E-state index contributed by atoms with van der Waals surface area (Å²) in [7, 11) is 0. The standard InChI is InChI=1S/C13H16N4O/c1-2-7-15-11(5-1)8-12-16-13(18-17-12)10-4-3-6-14-9-10/h1-2,5,7,10,14H,3-4,6,8-9H2. The Hall–Kier alpha value is -1.75. The molecule has 3 rings (SSSR count). The molecule has 1 atom stereocenters. The Labute approximate surface area is 106 Å². The third-order valence-electron chi connectivity index (χ3n) is 3.20. The molecule has 18 heavy (non-hydrogen) atoms. The van der Waals surface area contributed by atoms with Gasteiger partial charge in [-0.3, -0.25) is 4.98 Å². The summed E-state index contributed by atoms with van der Waals surface area (Å²) in [6, 6.07) is 5.84. The van der Waals surface area contributed by atoms with Crippen molar-refractivity contribution in [3.05, 3.63) is 41.8 Å². The van der Waals surface area contributed by atoms with Crippen LogP contribution in [0.3, 0.4) is 0 Å². The molecule has 0 amide bonds. The summed E-state index contributed by atoms with van der Waals surface area (Å²) in [6.07, 6.45) is 4.70. The molecule has 2 aromatic rings. The van der Waals surface area contributed by atoms with E-state index in [0.29, 0.717) is 18.2 Å². The van der Waals surface area contributed by atoms with Crippen LogP contribution in [-0.4, -0.2) is 28.2 Å². The Balaban J connectivity index is 1.69. The molecule has 0 bridgehead atoms. The smallest absolute Gasteiger partial charge is 0.231 e. The van der Waals surface area contributed by atoms with Crippen molar-refractivity contribution < 1.29 is 4.52 Å². The fourth-order valence-corrected chi connectivity index (χ4v) is 2.23. The van der Waals surface area contributed by atoms with Crippen molar-refractivity contribution in [1.82, 2.24) is 20.4 Å². The van der Waals surface area contributed by atoms with Gasteiger partial charge < -0.3 is 9.84 Å². The van der Waals surface area contributed by atoms with Crippen molar-refractivity contribution in [2.45, 2.75) is 25.2 Å². The van der Waals surface area contributed by atoms with E-state index in [4.69, 9.17) is 4.52 Å². The molecule has 1 saturated heterocycles. The van der Waals surface area contributed by atoms with Crippen molar-refractivity contribution >= 4 is 0 Å². The summed E-state index contributed by atoms with van der Waals surface area (Å²) in [5.41, 5.74) is 0.964. The lowest BCUT2D eigenvalue weighted by Crippen LogP contribution is -2.28. The highest BCUT2D eigenvalue weighted by molar-refractivity contribution is 5.09. The molecule has 0 saturated carbocycles. The Morgan fingerprint density at radius 2 is 2.39 bits per heavy atom. The number of aromatic nitrogens is 3. The molecule has 1 unspecified atom stereocenters. The molecule has 0 radical (unpaired) electrons. The normalized spacial score (nSPS) is 19.9. The highest BCUT2D eigenvalue weighted by Gasteiger charge is 2.21. The predicted octanol–water partition coefficient (Wildman–Crippen LogP) is 1.52. The fourth-order valence-electron chi connectivity index (χ4n) is 2.23. The van der Waals surface area contributed by atoms with E-state index in [9.17, 15) is 0 Å². The second kappa shape index (κ2) is 5.27. The molecule has 1 aliphatic heterocycles. The summed E-state index contributed by atoms with van der Waals surface area (Å²) in [6.45, 7) is 2.02. The second-order valence-corrected chi connectivity index (χ2v) is 4.59. The number of pyridine rings is 1. The summed E-state index contributed by atoms with van der Waals surface area (Å²) in [5, 5.41) is 7.38. The highest BCUT2D eigenvalue weighted by atomic mass is 16.5. The molecule has 5 heteroatoms. The van der Waals surface area contributed by atoms with Gasteiger partial charge in [0.1, 0.15) is 0 Å². The molecule has 94 valence electrons. The van der Waals surface area contributed by atoms with E-state index in [1.165, 1.54) is 6.42 Å². The van der Waals surface area contributed by atoms with Crippen molar-refractivity contribution in [1.29, 1.82) is 0 Å². The molecule has 2 aromatic heterocycles. The average molecular weight is 244 g/mol. The monoisotopic (exact) mass is 244 g/mol. The van der Waals surface area contributed by atoms with E-state index in [2.05, 4.69) is 20.4 Å². The van der Waals surface area contributed by atoms with Crippen molar-refractivity contribution in [3.63, 3.8) is 0 Å². The van der Waals surface area contributed by atoms with Crippen LogP contribution in [0, 0.1) is 0 Å². The predicted molar refractivity (Wildman–Crippen MR) is 66.2 cm³/mol. The molecule has 1 N–H and O–H groups in total. The lowest BCUT2D eigenvalue weighted by atomic mass is 10.00. The topological polar surface area (TPSA) is 63.8 Å². The van der Waals surface area contributed by atoms with Gasteiger partial charge in [0.25, 0.3) is 0 Å². The third kappa shape index (κ3) is 2.56. The number of nitrogens with one attached hydrogen (secondary N) is 1. The van der Waals surface area contributed by atoms with Gasteiger partial charge in [-0.05, 0) is 31.5 Å². The van der Waals surface area contributed by atoms with Crippen molar-refractivity contribution in [3.8, 4) is 0 Å². The maximum Gasteiger partial charge on any atom is 0.231 e. The van der Waals surface area contributed by atoms with Gasteiger partial charge in [0.05, 0.1) is 12.3 Å². The molecule has 1 aliphatic rings. The lowest BCUT2D eigenvalue weighted by Gasteiger charge is -2.18. The van der Waals surface area contributed by atoms with Crippen LogP contribution in [0.1, 0.15) is 36.2 Å². The van der Waals surface area contributed by atoms with E-state index in [1.807, 2.05) is 18.2 Å². The molecule has 0 spiro atoms. The second-order valence-electron chi connectivity index (χ2n) is 4.59. The van der Waals surface area contributed by atoms with Gasteiger partial charge in [-0.1, -0.05) is 11.2 Å². The summed E-state index contributed by atoms with van der Waals surface area (Å²) >= 11 is 0. The summed E-state index contributed by atoms with van der Waals surface area (Å²) in [5.74, 6) is 1.84. The van der Waals surface area contributed by atoms with E-state index in [1.54, 1.807) is 6.20 Å². The van der Waals surface area contributed by atoms with Crippen LogP contribution < -0.4 is 5.32 Å². The largest absolute Gasteiger partial charge is 0.339 e. The van der Waals surface area contributed by atoms with Crippen LogP contribution in [0.4, 0.5) is 0 Å². The van der Waals surface area contributed by atoms with E-state index in [0.717, 1.165) is 31.1 Å². The van der Waals surface area contributed by atoms with Gasteiger partial charge in [-0.25, -0.2) is 0 Å². The van der Waals surface area contributed by atoms with Gasteiger partial charge in [0.2, 0.25) is 5.89 Å². The van der Waals surface area contributed by atoms with Gasteiger partial charge in [-0.15, -0.1) is 0 Å². The van der Waals surface area contributed by atoms with Crippen molar-refractivity contribution in [2.75, 3.05) is 13.1 Å². The molecule has 3 heterocycles. The number of nitrogens with zero attached hydrogens (tertiary/aromatic N) is 3. The minimum absolute atomic E-state index is 0.365. The SMILES string of the molecule is c1ccc(Cc2noc(C3CCCNC3)n2)nc1. The fraction of sp³-hybridized carbons (Fsp3) is 0.462. The first-order valence-corrected chi connectivity index (χ1v) is 6.35. The Kier molecular flexibility index (Phi) is 3.32. The van der Waals surface area contributed by atoms with Gasteiger partial charge in [0.15, 0.2) is 5.82 Å². The van der Waals surface area contributed by atoms with Crippen LogP contribution in [0.15, 0.2) is 28.9 Å². The van der Waals surface area contributed by atoms with E-state index in [-0.39, 0.29) is 0 Å². The highest BCUT2D eigenvalue weighted by Crippen LogP contribution is 2.21.